The second kappa shape index (κ2) is 5.96. The summed E-state index contributed by atoms with van der Waals surface area (Å²) < 4.78 is 5.93. The summed E-state index contributed by atoms with van der Waals surface area (Å²) in [5, 5.41) is 3.53. The van der Waals surface area contributed by atoms with Crippen LogP contribution in [0.2, 0.25) is 0 Å². The monoisotopic (exact) mass is 261 g/mol. The first-order valence-corrected chi connectivity index (χ1v) is 7.47. The molecule has 1 fully saturated rings. The van der Waals surface area contributed by atoms with Crippen molar-refractivity contribution >= 4 is 0 Å². The van der Waals surface area contributed by atoms with Crippen LogP contribution in [-0.2, 0) is 5.41 Å². The van der Waals surface area contributed by atoms with Crippen LogP contribution in [0.4, 0.5) is 0 Å². The van der Waals surface area contributed by atoms with Crippen LogP contribution in [0.15, 0.2) is 24.3 Å². The molecule has 0 heterocycles. The minimum Gasteiger partial charge on any atom is -0.492 e. The Morgan fingerprint density at radius 3 is 2.32 bits per heavy atom. The van der Waals surface area contributed by atoms with Crippen LogP contribution in [0.3, 0.4) is 0 Å². The zero-order chi connectivity index (χ0) is 13.9. The fourth-order valence-electron chi connectivity index (χ4n) is 2.36. The van der Waals surface area contributed by atoms with Gasteiger partial charge in [-0.1, -0.05) is 39.8 Å². The molecule has 1 aliphatic rings. The molecule has 106 valence electrons. The predicted molar refractivity (Wildman–Crippen MR) is 80.8 cm³/mol. The van der Waals surface area contributed by atoms with E-state index in [1.807, 2.05) is 0 Å². The first kappa shape index (κ1) is 14.4. The van der Waals surface area contributed by atoms with E-state index in [-0.39, 0.29) is 5.41 Å². The molecule has 0 aromatic heterocycles. The molecule has 2 rings (SSSR count). The molecule has 0 aliphatic heterocycles. The molecule has 1 aromatic rings. The number of benzene rings is 1. The first-order chi connectivity index (χ1) is 9.00. The normalized spacial score (nSPS) is 17.3. The van der Waals surface area contributed by atoms with Crippen molar-refractivity contribution in [3.8, 4) is 5.75 Å². The van der Waals surface area contributed by atoms with E-state index in [4.69, 9.17) is 4.74 Å². The highest BCUT2D eigenvalue weighted by atomic mass is 16.5. The smallest absolute Gasteiger partial charge is 0.119 e. The van der Waals surface area contributed by atoms with Gasteiger partial charge >= 0.3 is 0 Å². The summed E-state index contributed by atoms with van der Waals surface area (Å²) in [5.74, 6) is 1.81. The number of rotatable bonds is 6. The van der Waals surface area contributed by atoms with E-state index in [1.54, 1.807) is 0 Å². The minimum atomic E-state index is 0.207. The third-order valence-electron chi connectivity index (χ3n) is 3.81. The summed E-state index contributed by atoms with van der Waals surface area (Å²) in [6.45, 7) is 10.7. The zero-order valence-electron chi connectivity index (χ0n) is 12.7. The maximum absolute atomic E-state index is 5.93. The summed E-state index contributed by atoms with van der Waals surface area (Å²) in [4.78, 5) is 0. The summed E-state index contributed by atoms with van der Waals surface area (Å²) in [6, 6.07) is 9.06. The van der Waals surface area contributed by atoms with Gasteiger partial charge in [0.05, 0.1) is 0 Å². The van der Waals surface area contributed by atoms with Gasteiger partial charge in [-0.15, -0.1) is 0 Å². The van der Waals surface area contributed by atoms with Crippen molar-refractivity contribution in [1.29, 1.82) is 0 Å². The van der Waals surface area contributed by atoms with Crippen molar-refractivity contribution in [3.63, 3.8) is 0 Å². The fraction of sp³-hybridized carbons (Fsp3) is 0.647. The highest BCUT2D eigenvalue weighted by Crippen LogP contribution is 2.33. The van der Waals surface area contributed by atoms with Crippen molar-refractivity contribution in [3.05, 3.63) is 29.8 Å². The Hall–Kier alpha value is -1.02. The molecule has 0 spiro atoms. The Morgan fingerprint density at radius 2 is 1.84 bits per heavy atom. The van der Waals surface area contributed by atoms with Gasteiger partial charge in [-0.25, -0.2) is 0 Å². The highest BCUT2D eigenvalue weighted by Gasteiger charge is 2.30. The lowest BCUT2D eigenvalue weighted by Crippen LogP contribution is -2.36. The number of hydrogen-bond acceptors (Lipinski definition) is 2. The molecule has 1 unspecified atom stereocenters. The maximum Gasteiger partial charge on any atom is 0.119 e. The summed E-state index contributed by atoms with van der Waals surface area (Å²) in [7, 11) is 0. The Labute approximate surface area is 117 Å². The van der Waals surface area contributed by atoms with Crippen LogP contribution in [-0.4, -0.2) is 19.2 Å². The quantitative estimate of drug-likeness (QED) is 0.842. The van der Waals surface area contributed by atoms with Crippen molar-refractivity contribution in [1.82, 2.24) is 5.32 Å². The summed E-state index contributed by atoms with van der Waals surface area (Å²) >= 11 is 0. The molecule has 1 saturated carbocycles. The molecule has 0 radical (unpaired) electrons. The van der Waals surface area contributed by atoms with E-state index in [9.17, 15) is 0 Å². The van der Waals surface area contributed by atoms with Gasteiger partial charge in [0, 0.05) is 6.04 Å². The van der Waals surface area contributed by atoms with Crippen molar-refractivity contribution in [2.45, 2.75) is 52.0 Å². The average Bonchev–Trinajstić information content (AvgIpc) is 3.18. The molecule has 1 aromatic carbocycles. The van der Waals surface area contributed by atoms with Crippen LogP contribution in [0.1, 0.15) is 46.1 Å². The second-order valence-electron chi connectivity index (χ2n) is 6.59. The Balaban J connectivity index is 1.88. The summed E-state index contributed by atoms with van der Waals surface area (Å²) in [5.41, 5.74) is 1.56. The van der Waals surface area contributed by atoms with Gasteiger partial charge in [0.25, 0.3) is 0 Å². The van der Waals surface area contributed by atoms with E-state index < -0.39 is 0 Å². The molecule has 0 bridgehead atoms. The number of likely N-dealkylation sites (N-methyl/N-ethyl adjacent to an activating group) is 1. The van der Waals surface area contributed by atoms with Gasteiger partial charge in [-0.05, 0) is 48.4 Å². The van der Waals surface area contributed by atoms with Gasteiger partial charge < -0.3 is 10.1 Å². The Morgan fingerprint density at radius 1 is 1.21 bits per heavy atom. The Kier molecular flexibility index (Phi) is 4.51. The molecule has 1 N–H and O–H groups in total. The topological polar surface area (TPSA) is 21.3 Å². The molecule has 2 nitrogen and oxygen atoms in total. The molecule has 0 saturated heterocycles. The van der Waals surface area contributed by atoms with Crippen LogP contribution in [0.25, 0.3) is 0 Å². The molecule has 1 atom stereocenters. The number of ether oxygens (including phenoxy) is 1. The third-order valence-corrected chi connectivity index (χ3v) is 3.81. The van der Waals surface area contributed by atoms with Crippen LogP contribution in [0.5, 0.6) is 5.75 Å². The molecule has 0 amide bonds. The second-order valence-corrected chi connectivity index (χ2v) is 6.59. The van der Waals surface area contributed by atoms with Crippen molar-refractivity contribution in [2.75, 3.05) is 13.2 Å². The van der Waals surface area contributed by atoms with E-state index in [2.05, 4.69) is 57.3 Å². The lowest BCUT2D eigenvalue weighted by molar-refractivity contribution is 0.251. The fourth-order valence-corrected chi connectivity index (χ4v) is 2.36. The van der Waals surface area contributed by atoms with Crippen LogP contribution in [0, 0.1) is 5.92 Å². The summed E-state index contributed by atoms with van der Waals surface area (Å²) in [6.07, 6.45) is 2.70. The van der Waals surface area contributed by atoms with E-state index >= 15 is 0 Å². The Bertz CT molecular complexity index is 387. The minimum absolute atomic E-state index is 0.207. The van der Waals surface area contributed by atoms with E-state index in [0.717, 1.165) is 24.8 Å². The van der Waals surface area contributed by atoms with Crippen molar-refractivity contribution in [2.24, 2.45) is 5.92 Å². The van der Waals surface area contributed by atoms with E-state index in [0.29, 0.717) is 6.04 Å². The molecule has 19 heavy (non-hydrogen) atoms. The largest absolute Gasteiger partial charge is 0.492 e. The molecule has 1 aliphatic carbocycles. The van der Waals surface area contributed by atoms with Crippen molar-refractivity contribution < 1.29 is 4.74 Å². The molecular formula is C17H27NO. The van der Waals surface area contributed by atoms with E-state index in [1.165, 1.54) is 18.4 Å². The number of hydrogen-bond donors (Lipinski definition) is 1. The van der Waals surface area contributed by atoms with Gasteiger partial charge in [-0.3, -0.25) is 0 Å². The first-order valence-electron chi connectivity index (χ1n) is 7.47. The van der Waals surface area contributed by atoms with Gasteiger partial charge in [0.15, 0.2) is 0 Å². The SMILES string of the molecule is CCNC(COc1ccc(C(C)(C)C)cc1)C1CC1. The molecule has 2 heteroatoms. The third kappa shape index (κ3) is 4.24. The lowest BCUT2D eigenvalue weighted by Gasteiger charge is -2.20. The predicted octanol–water partition coefficient (Wildman–Crippen LogP) is 3.75. The van der Waals surface area contributed by atoms with Gasteiger partial charge in [-0.2, -0.15) is 0 Å². The lowest BCUT2D eigenvalue weighted by atomic mass is 9.87. The molecular weight excluding hydrogens is 234 g/mol. The average molecular weight is 261 g/mol. The van der Waals surface area contributed by atoms with Crippen LogP contribution < -0.4 is 10.1 Å². The standard InChI is InChI=1S/C17H27NO/c1-5-18-16(13-6-7-13)12-19-15-10-8-14(9-11-15)17(2,3)4/h8-11,13,16,18H,5-7,12H2,1-4H3. The van der Waals surface area contributed by atoms with Crippen LogP contribution >= 0.6 is 0 Å². The zero-order valence-corrected chi connectivity index (χ0v) is 12.7. The highest BCUT2D eigenvalue weighted by molar-refractivity contribution is 5.31. The number of nitrogens with one attached hydrogen (secondary N) is 1. The maximum atomic E-state index is 5.93. The van der Waals surface area contributed by atoms with Gasteiger partial charge in [0.1, 0.15) is 12.4 Å². The van der Waals surface area contributed by atoms with Gasteiger partial charge in [0.2, 0.25) is 0 Å².